The Labute approximate surface area is 174 Å². The predicted octanol–water partition coefficient (Wildman–Crippen LogP) is 3.80. The number of fused-ring (bicyclic) bond motifs is 1. The summed E-state index contributed by atoms with van der Waals surface area (Å²) >= 11 is 1.78. The first kappa shape index (κ1) is 18.5. The predicted molar refractivity (Wildman–Crippen MR) is 114 cm³/mol. The highest BCUT2D eigenvalue weighted by molar-refractivity contribution is 7.18. The number of rotatable bonds is 4. The van der Waals surface area contributed by atoms with E-state index in [0.717, 1.165) is 37.0 Å². The number of hydrogen-bond donors (Lipinski definition) is 0. The zero-order chi connectivity index (χ0) is 19.8. The molecular formula is C23H23N3O2S. The molecule has 0 aliphatic carbocycles. The fourth-order valence-corrected chi connectivity index (χ4v) is 5.54. The molecule has 0 radical (unpaired) electrons. The minimum Gasteiger partial charge on any atom is -0.291 e. The Morgan fingerprint density at radius 1 is 0.966 bits per heavy atom. The standard InChI is InChI=1S/C23H23N3O2S/c27-21-14-19(23(28)26(21)15-16-6-2-1-3-7-16)25-12-10-17(11-13-25)22-24-18-8-4-5-9-20(18)29-22/h1-9,17,19H,10-15H2/t19-/m1/s1. The van der Waals surface area contributed by atoms with Gasteiger partial charge >= 0.3 is 0 Å². The number of thiazole rings is 1. The van der Waals surface area contributed by atoms with Gasteiger partial charge in [-0.2, -0.15) is 0 Å². The second kappa shape index (κ2) is 7.69. The highest BCUT2D eigenvalue weighted by atomic mass is 32.1. The third kappa shape index (κ3) is 3.58. The normalized spacial score (nSPS) is 21.4. The van der Waals surface area contributed by atoms with Crippen molar-refractivity contribution >= 4 is 33.4 Å². The zero-order valence-corrected chi connectivity index (χ0v) is 17.0. The Morgan fingerprint density at radius 2 is 1.69 bits per heavy atom. The number of nitrogens with zero attached hydrogens (tertiary/aromatic N) is 3. The lowest BCUT2D eigenvalue weighted by Crippen LogP contribution is -2.45. The molecular weight excluding hydrogens is 382 g/mol. The van der Waals surface area contributed by atoms with Crippen LogP contribution in [0.5, 0.6) is 0 Å². The van der Waals surface area contributed by atoms with Gasteiger partial charge in [0.15, 0.2) is 0 Å². The van der Waals surface area contributed by atoms with Gasteiger partial charge in [-0.1, -0.05) is 42.5 Å². The van der Waals surface area contributed by atoms with Crippen LogP contribution < -0.4 is 0 Å². The van der Waals surface area contributed by atoms with Gasteiger partial charge < -0.3 is 0 Å². The van der Waals surface area contributed by atoms with Crippen LogP contribution in [0.1, 0.15) is 35.8 Å². The van der Waals surface area contributed by atoms with Crippen LogP contribution in [-0.4, -0.2) is 45.7 Å². The second-order valence-corrected chi connectivity index (χ2v) is 8.92. The van der Waals surface area contributed by atoms with Gasteiger partial charge in [-0.05, 0) is 43.6 Å². The van der Waals surface area contributed by atoms with Crippen molar-refractivity contribution in [3.63, 3.8) is 0 Å². The molecule has 2 aliphatic heterocycles. The van der Waals surface area contributed by atoms with Crippen molar-refractivity contribution in [3.05, 3.63) is 65.2 Å². The van der Waals surface area contributed by atoms with Crippen LogP contribution in [0.25, 0.3) is 10.2 Å². The van der Waals surface area contributed by atoms with Crippen molar-refractivity contribution < 1.29 is 9.59 Å². The molecule has 3 aromatic rings. The smallest absolute Gasteiger partial charge is 0.247 e. The van der Waals surface area contributed by atoms with E-state index in [9.17, 15) is 9.59 Å². The van der Waals surface area contributed by atoms with Crippen LogP contribution in [0.15, 0.2) is 54.6 Å². The molecule has 2 saturated heterocycles. The lowest BCUT2D eigenvalue weighted by molar-refractivity contribution is -0.140. The topological polar surface area (TPSA) is 53.5 Å². The first-order chi connectivity index (χ1) is 14.2. The van der Waals surface area contributed by atoms with E-state index in [-0.39, 0.29) is 17.9 Å². The van der Waals surface area contributed by atoms with Crippen molar-refractivity contribution in [2.24, 2.45) is 0 Å². The third-order valence-electron chi connectivity index (χ3n) is 6.03. The lowest BCUT2D eigenvalue weighted by atomic mass is 9.96. The van der Waals surface area contributed by atoms with E-state index in [0.29, 0.717) is 18.9 Å². The minimum atomic E-state index is -0.303. The number of carbonyl (C=O) groups excluding carboxylic acids is 2. The van der Waals surface area contributed by atoms with Crippen molar-refractivity contribution in [2.45, 2.75) is 37.8 Å². The number of amides is 2. The van der Waals surface area contributed by atoms with Crippen LogP contribution in [0.4, 0.5) is 0 Å². The van der Waals surface area contributed by atoms with Gasteiger partial charge in [0, 0.05) is 5.92 Å². The van der Waals surface area contributed by atoms with Gasteiger partial charge in [0.25, 0.3) is 0 Å². The highest BCUT2D eigenvalue weighted by Gasteiger charge is 2.42. The number of aromatic nitrogens is 1. The van der Waals surface area contributed by atoms with Gasteiger partial charge in [-0.3, -0.25) is 19.4 Å². The van der Waals surface area contributed by atoms with Crippen molar-refractivity contribution in [3.8, 4) is 0 Å². The molecule has 0 saturated carbocycles. The summed E-state index contributed by atoms with van der Waals surface area (Å²) in [7, 11) is 0. The molecule has 2 fully saturated rings. The molecule has 29 heavy (non-hydrogen) atoms. The van der Waals surface area contributed by atoms with Crippen LogP contribution in [0.3, 0.4) is 0 Å². The Bertz CT molecular complexity index is 1010. The highest BCUT2D eigenvalue weighted by Crippen LogP contribution is 2.35. The van der Waals surface area contributed by atoms with Gasteiger partial charge in [0.1, 0.15) is 0 Å². The fourth-order valence-electron chi connectivity index (χ4n) is 4.41. The number of para-hydroxylation sites is 1. The molecule has 1 aromatic heterocycles. The molecule has 0 N–H and O–H groups in total. The summed E-state index contributed by atoms with van der Waals surface area (Å²) in [4.78, 5) is 33.9. The molecule has 2 amide bonds. The summed E-state index contributed by atoms with van der Waals surface area (Å²) in [6.07, 6.45) is 2.27. The number of hydrogen-bond acceptors (Lipinski definition) is 5. The molecule has 2 aromatic carbocycles. The van der Waals surface area contributed by atoms with E-state index in [1.807, 2.05) is 36.4 Å². The average molecular weight is 406 g/mol. The summed E-state index contributed by atoms with van der Waals surface area (Å²) in [5.41, 5.74) is 2.06. The minimum absolute atomic E-state index is 0.0442. The largest absolute Gasteiger partial charge is 0.291 e. The Kier molecular flexibility index (Phi) is 4.89. The first-order valence-electron chi connectivity index (χ1n) is 10.2. The Balaban J connectivity index is 1.23. The van der Waals surface area contributed by atoms with E-state index in [2.05, 4.69) is 23.1 Å². The average Bonchev–Trinajstić information content (AvgIpc) is 3.31. The number of benzene rings is 2. The van der Waals surface area contributed by atoms with Crippen molar-refractivity contribution in [1.29, 1.82) is 0 Å². The maximum Gasteiger partial charge on any atom is 0.247 e. The fraction of sp³-hybridized carbons (Fsp3) is 0.348. The summed E-state index contributed by atoms with van der Waals surface area (Å²) in [6.45, 7) is 2.05. The molecule has 6 heteroatoms. The van der Waals surface area contributed by atoms with Gasteiger partial charge in [0.2, 0.25) is 11.8 Å². The third-order valence-corrected chi connectivity index (χ3v) is 7.23. The maximum atomic E-state index is 12.9. The summed E-state index contributed by atoms with van der Waals surface area (Å²) in [6, 6.07) is 17.7. The lowest BCUT2D eigenvalue weighted by Gasteiger charge is -2.34. The van der Waals surface area contributed by atoms with E-state index in [4.69, 9.17) is 4.98 Å². The van der Waals surface area contributed by atoms with Gasteiger partial charge in [0.05, 0.1) is 34.2 Å². The van der Waals surface area contributed by atoms with Crippen molar-refractivity contribution in [2.75, 3.05) is 13.1 Å². The second-order valence-electron chi connectivity index (χ2n) is 7.85. The number of piperidine rings is 1. The molecule has 1 atom stereocenters. The Hall–Kier alpha value is -2.57. The van der Waals surface area contributed by atoms with Gasteiger partial charge in [-0.15, -0.1) is 11.3 Å². The Morgan fingerprint density at radius 3 is 2.45 bits per heavy atom. The van der Waals surface area contributed by atoms with Crippen LogP contribution in [0.2, 0.25) is 0 Å². The molecule has 3 heterocycles. The summed E-state index contributed by atoms with van der Waals surface area (Å²) in [5, 5.41) is 1.20. The monoisotopic (exact) mass is 405 g/mol. The molecule has 5 rings (SSSR count). The quantitative estimate of drug-likeness (QED) is 0.620. The number of carbonyl (C=O) groups is 2. The molecule has 5 nitrogen and oxygen atoms in total. The van der Waals surface area contributed by atoms with E-state index in [1.165, 1.54) is 14.6 Å². The van der Waals surface area contributed by atoms with E-state index < -0.39 is 0 Å². The van der Waals surface area contributed by atoms with Crippen LogP contribution >= 0.6 is 11.3 Å². The molecule has 2 aliphatic rings. The van der Waals surface area contributed by atoms with Crippen LogP contribution in [0, 0.1) is 0 Å². The number of likely N-dealkylation sites (tertiary alicyclic amines) is 2. The van der Waals surface area contributed by atoms with E-state index >= 15 is 0 Å². The molecule has 0 unspecified atom stereocenters. The van der Waals surface area contributed by atoms with Crippen LogP contribution in [-0.2, 0) is 16.1 Å². The van der Waals surface area contributed by atoms with Crippen molar-refractivity contribution in [1.82, 2.24) is 14.8 Å². The molecule has 0 spiro atoms. The number of imide groups is 1. The van der Waals surface area contributed by atoms with Gasteiger partial charge in [-0.25, -0.2) is 4.98 Å². The van der Waals surface area contributed by atoms with E-state index in [1.54, 1.807) is 11.3 Å². The first-order valence-corrected chi connectivity index (χ1v) is 11.0. The molecule has 148 valence electrons. The molecule has 0 bridgehead atoms. The summed E-state index contributed by atoms with van der Waals surface area (Å²) < 4.78 is 1.23. The zero-order valence-electron chi connectivity index (χ0n) is 16.2. The maximum absolute atomic E-state index is 12.9. The SMILES string of the molecule is O=C1C[C@@H](N2CCC(c3nc4ccccc4s3)CC2)C(=O)N1Cc1ccccc1. The summed E-state index contributed by atoms with van der Waals surface area (Å²) in [5.74, 6) is 0.339.